The molecular formula is C4H6BNO3S. The van der Waals surface area contributed by atoms with Crippen molar-refractivity contribution in [2.45, 2.75) is 6.04 Å². The van der Waals surface area contributed by atoms with Crippen LogP contribution in [0.5, 0.6) is 0 Å². The molecule has 1 rings (SSSR count). The Labute approximate surface area is 63.0 Å². The molecule has 1 aliphatic heterocycles. The molecular weight excluding hydrogens is 153 g/mol. The number of amides is 1. The average Bonchev–Trinajstić information content (AvgIpc) is 2.13. The first-order valence-corrected chi connectivity index (χ1v) is 4.14. The summed E-state index contributed by atoms with van der Waals surface area (Å²) >= 11 is 1.49. The van der Waals surface area contributed by atoms with Gasteiger partial charge in [-0.3, -0.25) is 0 Å². The first kappa shape index (κ1) is 7.46. The summed E-state index contributed by atoms with van der Waals surface area (Å²) in [6.45, 7) is 0. The van der Waals surface area contributed by atoms with Crippen LogP contribution in [0.4, 0.5) is 4.79 Å². The standard InChI is InChI=1S/C4H6BNO3S/c5-10-1-2-3(7)9-4(8)6-2/h2H,1,5H2,(H,6,8). The van der Waals surface area contributed by atoms with E-state index in [1.165, 1.54) is 11.6 Å². The molecule has 1 aliphatic rings. The molecule has 0 saturated carbocycles. The number of rotatable bonds is 2. The van der Waals surface area contributed by atoms with Crippen LogP contribution in [0.15, 0.2) is 0 Å². The van der Waals surface area contributed by atoms with E-state index in [9.17, 15) is 9.59 Å². The van der Waals surface area contributed by atoms with Crippen LogP contribution in [-0.4, -0.2) is 31.0 Å². The second-order valence-corrected chi connectivity index (χ2v) is 2.77. The first-order valence-electron chi connectivity index (χ1n) is 2.75. The van der Waals surface area contributed by atoms with Crippen molar-refractivity contribution in [2.24, 2.45) is 0 Å². The Hall–Kier alpha value is -0.645. The van der Waals surface area contributed by atoms with Gasteiger partial charge in [-0.15, -0.1) is 0 Å². The molecule has 1 atom stereocenters. The SMILES string of the molecule is BSCC1NC(=O)OC1=O. The highest BCUT2D eigenvalue weighted by atomic mass is 32.2. The van der Waals surface area contributed by atoms with Crippen LogP contribution in [0, 0.1) is 0 Å². The summed E-state index contributed by atoms with van der Waals surface area (Å²) in [6.07, 6.45) is -0.635. The van der Waals surface area contributed by atoms with Crippen LogP contribution in [0.2, 0.25) is 0 Å². The predicted molar refractivity (Wildman–Crippen MR) is 39.4 cm³/mol. The van der Waals surface area contributed by atoms with Crippen molar-refractivity contribution in [3.63, 3.8) is 0 Å². The van der Waals surface area contributed by atoms with Gasteiger partial charge < -0.3 is 10.1 Å². The van der Waals surface area contributed by atoms with Crippen LogP contribution >= 0.6 is 11.6 Å². The van der Waals surface area contributed by atoms with E-state index in [-0.39, 0.29) is 0 Å². The van der Waals surface area contributed by atoms with Crippen molar-refractivity contribution in [3.8, 4) is 0 Å². The molecule has 1 amide bonds. The number of nitrogens with one attached hydrogen (secondary N) is 1. The maximum atomic E-state index is 10.7. The predicted octanol–water partition coefficient (Wildman–Crippen LogP) is -1.10. The maximum absolute atomic E-state index is 10.7. The Morgan fingerprint density at radius 1 is 1.70 bits per heavy atom. The van der Waals surface area contributed by atoms with Gasteiger partial charge in [-0.2, -0.15) is 0 Å². The summed E-state index contributed by atoms with van der Waals surface area (Å²) in [4.78, 5) is 21.0. The quantitative estimate of drug-likeness (QED) is 0.315. The monoisotopic (exact) mass is 159 g/mol. The van der Waals surface area contributed by atoms with E-state index >= 15 is 0 Å². The van der Waals surface area contributed by atoms with Crippen LogP contribution < -0.4 is 5.32 Å². The molecule has 0 radical (unpaired) electrons. The fourth-order valence-corrected chi connectivity index (χ4v) is 1.22. The Morgan fingerprint density at radius 3 is 2.80 bits per heavy atom. The van der Waals surface area contributed by atoms with Crippen LogP contribution in [0.3, 0.4) is 0 Å². The normalized spacial score (nSPS) is 24.2. The number of esters is 1. The van der Waals surface area contributed by atoms with Crippen LogP contribution in [0.1, 0.15) is 0 Å². The van der Waals surface area contributed by atoms with E-state index in [1.807, 2.05) is 7.12 Å². The molecule has 0 aromatic rings. The van der Waals surface area contributed by atoms with Crippen molar-refractivity contribution < 1.29 is 14.3 Å². The molecule has 1 heterocycles. The van der Waals surface area contributed by atoms with Crippen LogP contribution in [-0.2, 0) is 9.53 Å². The fourth-order valence-electron chi connectivity index (χ4n) is 0.670. The third-order valence-electron chi connectivity index (χ3n) is 1.10. The minimum Gasteiger partial charge on any atom is -0.375 e. The summed E-state index contributed by atoms with van der Waals surface area (Å²) in [5.74, 6) is 0.101. The fraction of sp³-hybridized carbons (Fsp3) is 0.500. The number of ether oxygens (including phenoxy) is 1. The van der Waals surface area contributed by atoms with Crippen molar-refractivity contribution in [1.29, 1.82) is 0 Å². The molecule has 0 aromatic carbocycles. The third kappa shape index (κ3) is 1.44. The van der Waals surface area contributed by atoms with Crippen molar-refractivity contribution in [2.75, 3.05) is 5.75 Å². The molecule has 0 spiro atoms. The number of cyclic esters (lactones) is 2. The van der Waals surface area contributed by atoms with Gasteiger partial charge in [0, 0.05) is 5.75 Å². The molecule has 6 heteroatoms. The van der Waals surface area contributed by atoms with E-state index < -0.39 is 18.1 Å². The van der Waals surface area contributed by atoms with Gasteiger partial charge in [-0.1, -0.05) is 0 Å². The average molecular weight is 159 g/mol. The van der Waals surface area contributed by atoms with Crippen molar-refractivity contribution >= 4 is 30.8 Å². The van der Waals surface area contributed by atoms with Gasteiger partial charge in [0.05, 0.1) is 0 Å². The van der Waals surface area contributed by atoms with Gasteiger partial charge >= 0.3 is 12.1 Å². The molecule has 10 heavy (non-hydrogen) atoms. The molecule has 1 unspecified atom stereocenters. The van der Waals surface area contributed by atoms with Gasteiger partial charge in [0.25, 0.3) is 0 Å². The molecule has 1 N–H and O–H groups in total. The van der Waals surface area contributed by atoms with E-state index in [0.717, 1.165) is 0 Å². The summed E-state index contributed by atoms with van der Waals surface area (Å²) in [5.41, 5.74) is 0. The Morgan fingerprint density at radius 2 is 2.40 bits per heavy atom. The zero-order valence-electron chi connectivity index (χ0n) is 5.42. The first-order chi connectivity index (χ1) is 4.74. The molecule has 0 aromatic heterocycles. The van der Waals surface area contributed by atoms with Gasteiger partial charge in [0.15, 0.2) is 7.12 Å². The smallest absolute Gasteiger partial charge is 0.375 e. The molecule has 1 fully saturated rings. The van der Waals surface area contributed by atoms with E-state index in [4.69, 9.17) is 0 Å². The number of hydrogen-bond donors (Lipinski definition) is 1. The minimum atomic E-state index is -0.635. The summed E-state index contributed by atoms with van der Waals surface area (Å²) < 4.78 is 4.22. The largest absolute Gasteiger partial charge is 0.415 e. The van der Waals surface area contributed by atoms with Crippen LogP contribution in [0.25, 0.3) is 0 Å². The maximum Gasteiger partial charge on any atom is 0.415 e. The third-order valence-corrected chi connectivity index (χ3v) is 1.77. The molecule has 54 valence electrons. The Balaban J connectivity index is 2.46. The van der Waals surface area contributed by atoms with Crippen molar-refractivity contribution in [3.05, 3.63) is 0 Å². The zero-order chi connectivity index (χ0) is 7.56. The van der Waals surface area contributed by atoms with E-state index in [0.29, 0.717) is 5.75 Å². The lowest BCUT2D eigenvalue weighted by atomic mass is 10.4. The second-order valence-electron chi connectivity index (χ2n) is 1.86. The molecule has 4 nitrogen and oxygen atoms in total. The topological polar surface area (TPSA) is 55.4 Å². The molecule has 1 saturated heterocycles. The summed E-state index contributed by atoms with van der Waals surface area (Å²) in [6, 6.07) is -0.442. The highest BCUT2D eigenvalue weighted by Crippen LogP contribution is 2.04. The Bertz CT molecular complexity index is 174. The zero-order valence-corrected chi connectivity index (χ0v) is 6.23. The van der Waals surface area contributed by atoms with E-state index in [1.54, 1.807) is 0 Å². The highest BCUT2D eigenvalue weighted by molar-refractivity contribution is 8.19. The van der Waals surface area contributed by atoms with Gasteiger partial charge in [-0.05, 0) is 0 Å². The Kier molecular flexibility index (Phi) is 2.21. The minimum absolute atomic E-state index is 0.442. The summed E-state index contributed by atoms with van der Waals surface area (Å²) in [7, 11) is 1.86. The lowest BCUT2D eigenvalue weighted by molar-refractivity contribution is -0.134. The lowest BCUT2D eigenvalue weighted by Crippen LogP contribution is -2.30. The van der Waals surface area contributed by atoms with E-state index in [2.05, 4.69) is 10.1 Å². The van der Waals surface area contributed by atoms with Crippen molar-refractivity contribution in [1.82, 2.24) is 5.32 Å². The lowest BCUT2D eigenvalue weighted by Gasteiger charge is -1.99. The number of carbonyl (C=O) groups is 2. The second kappa shape index (κ2) is 2.96. The van der Waals surface area contributed by atoms with Gasteiger partial charge in [0.2, 0.25) is 0 Å². The number of hydrogen-bond acceptors (Lipinski definition) is 4. The van der Waals surface area contributed by atoms with Gasteiger partial charge in [-0.25, -0.2) is 21.2 Å². The number of alkyl carbamates (subject to hydrolysis) is 1. The van der Waals surface area contributed by atoms with Gasteiger partial charge in [0.1, 0.15) is 6.04 Å². The highest BCUT2D eigenvalue weighted by Gasteiger charge is 2.31. The summed E-state index contributed by atoms with van der Waals surface area (Å²) in [5, 5.41) is 2.37. The number of carbonyl (C=O) groups excluding carboxylic acids is 2. The molecule has 0 bridgehead atoms. The molecule has 0 aliphatic carbocycles.